The number of hydrogen-bond acceptors (Lipinski definition) is 3. The van der Waals surface area contributed by atoms with Crippen LogP contribution in [0.25, 0.3) is 0 Å². The summed E-state index contributed by atoms with van der Waals surface area (Å²) in [6, 6.07) is 0. The standard InChI is InChI=1S/C19H32O3/c1-5-19(22)11-10-16(2)13(12-19)8-9-17(3)14(16)6-7-15(20)18(17,4)21/h5,13-15,20-22H,1,6-12H2,2-4H3. The van der Waals surface area contributed by atoms with Gasteiger partial charge in [-0.2, -0.15) is 0 Å². The molecule has 3 rings (SSSR count). The predicted octanol–water partition coefficient (Wildman–Crippen LogP) is 3.03. The van der Waals surface area contributed by atoms with Crippen molar-refractivity contribution in [3.8, 4) is 0 Å². The minimum Gasteiger partial charge on any atom is -0.390 e. The molecule has 7 atom stereocenters. The van der Waals surface area contributed by atoms with Gasteiger partial charge in [-0.05, 0) is 69.1 Å². The topological polar surface area (TPSA) is 60.7 Å². The third-order valence-corrected chi connectivity index (χ3v) is 8.12. The molecule has 0 amide bonds. The Morgan fingerprint density at radius 3 is 2.32 bits per heavy atom. The molecule has 0 radical (unpaired) electrons. The van der Waals surface area contributed by atoms with Crippen LogP contribution in [0.2, 0.25) is 0 Å². The van der Waals surface area contributed by atoms with Gasteiger partial charge in [-0.15, -0.1) is 6.58 Å². The molecule has 0 saturated heterocycles. The van der Waals surface area contributed by atoms with Crippen molar-refractivity contribution in [3.05, 3.63) is 12.7 Å². The monoisotopic (exact) mass is 308 g/mol. The van der Waals surface area contributed by atoms with Crippen LogP contribution in [-0.4, -0.2) is 32.6 Å². The Labute approximate surface area is 134 Å². The van der Waals surface area contributed by atoms with E-state index in [9.17, 15) is 15.3 Å². The zero-order chi connectivity index (χ0) is 16.4. The Morgan fingerprint density at radius 1 is 1.00 bits per heavy atom. The predicted molar refractivity (Wildman–Crippen MR) is 87.3 cm³/mol. The Morgan fingerprint density at radius 2 is 1.68 bits per heavy atom. The van der Waals surface area contributed by atoms with E-state index in [1.165, 1.54) is 0 Å². The van der Waals surface area contributed by atoms with Crippen molar-refractivity contribution >= 4 is 0 Å². The first-order valence-electron chi connectivity index (χ1n) is 8.85. The normalized spacial score (nSPS) is 58.5. The van der Waals surface area contributed by atoms with Gasteiger partial charge < -0.3 is 15.3 Å². The van der Waals surface area contributed by atoms with Crippen molar-refractivity contribution in [1.82, 2.24) is 0 Å². The van der Waals surface area contributed by atoms with Crippen LogP contribution in [0.4, 0.5) is 0 Å². The molecule has 0 aromatic carbocycles. The zero-order valence-electron chi connectivity index (χ0n) is 14.3. The highest BCUT2D eigenvalue weighted by Crippen LogP contribution is 2.67. The fourth-order valence-corrected chi connectivity index (χ4v) is 6.14. The lowest BCUT2D eigenvalue weighted by molar-refractivity contribution is -0.246. The van der Waals surface area contributed by atoms with Crippen LogP contribution in [-0.2, 0) is 0 Å². The lowest BCUT2D eigenvalue weighted by Crippen LogP contribution is -2.66. The summed E-state index contributed by atoms with van der Waals surface area (Å²) in [7, 11) is 0. The maximum Gasteiger partial charge on any atom is 0.0933 e. The molecule has 126 valence electrons. The van der Waals surface area contributed by atoms with Crippen LogP contribution in [0.3, 0.4) is 0 Å². The van der Waals surface area contributed by atoms with Gasteiger partial charge in [0.05, 0.1) is 17.3 Å². The smallest absolute Gasteiger partial charge is 0.0933 e. The van der Waals surface area contributed by atoms with Gasteiger partial charge >= 0.3 is 0 Å². The summed E-state index contributed by atoms with van der Waals surface area (Å²) in [6.45, 7) is 10.2. The largest absolute Gasteiger partial charge is 0.390 e. The summed E-state index contributed by atoms with van der Waals surface area (Å²) in [5.74, 6) is 0.889. The maximum absolute atomic E-state index is 11.0. The number of aliphatic hydroxyl groups excluding tert-OH is 1. The average molecular weight is 308 g/mol. The molecule has 3 N–H and O–H groups in total. The Balaban J connectivity index is 1.95. The third-order valence-electron chi connectivity index (χ3n) is 8.12. The average Bonchev–Trinajstić information content (AvgIpc) is 2.46. The lowest BCUT2D eigenvalue weighted by Gasteiger charge is -2.66. The molecule has 0 bridgehead atoms. The molecule has 3 saturated carbocycles. The van der Waals surface area contributed by atoms with Gasteiger partial charge in [-0.1, -0.05) is 19.9 Å². The van der Waals surface area contributed by atoms with Crippen molar-refractivity contribution in [2.75, 3.05) is 0 Å². The van der Waals surface area contributed by atoms with Gasteiger partial charge in [0.2, 0.25) is 0 Å². The third kappa shape index (κ3) is 1.98. The van der Waals surface area contributed by atoms with E-state index in [2.05, 4.69) is 20.4 Å². The quantitative estimate of drug-likeness (QED) is 0.653. The van der Waals surface area contributed by atoms with Gasteiger partial charge in [-0.25, -0.2) is 0 Å². The molecule has 0 spiro atoms. The fourth-order valence-electron chi connectivity index (χ4n) is 6.14. The molecule has 3 nitrogen and oxygen atoms in total. The van der Waals surface area contributed by atoms with E-state index < -0.39 is 17.3 Å². The second-order valence-electron chi connectivity index (χ2n) is 8.96. The van der Waals surface area contributed by atoms with Crippen molar-refractivity contribution in [1.29, 1.82) is 0 Å². The molecule has 3 heteroatoms. The van der Waals surface area contributed by atoms with Crippen LogP contribution in [0.5, 0.6) is 0 Å². The summed E-state index contributed by atoms with van der Waals surface area (Å²) in [5.41, 5.74) is -1.82. The molecule has 7 unspecified atom stereocenters. The minimum absolute atomic E-state index is 0.145. The van der Waals surface area contributed by atoms with Gasteiger partial charge in [-0.3, -0.25) is 0 Å². The van der Waals surface area contributed by atoms with Crippen LogP contribution in [0.1, 0.15) is 65.7 Å². The molecule has 22 heavy (non-hydrogen) atoms. The molecular weight excluding hydrogens is 276 g/mol. The summed E-state index contributed by atoms with van der Waals surface area (Å²) >= 11 is 0. The van der Waals surface area contributed by atoms with E-state index in [-0.39, 0.29) is 10.8 Å². The highest BCUT2D eigenvalue weighted by molar-refractivity contribution is 5.16. The number of fused-ring (bicyclic) bond motifs is 3. The first kappa shape index (κ1) is 16.5. The van der Waals surface area contributed by atoms with Crippen molar-refractivity contribution in [2.24, 2.45) is 22.7 Å². The Hall–Kier alpha value is -0.380. The van der Waals surface area contributed by atoms with Crippen LogP contribution in [0.15, 0.2) is 12.7 Å². The van der Waals surface area contributed by atoms with Crippen LogP contribution < -0.4 is 0 Å². The Kier molecular flexibility index (Phi) is 3.60. The molecule has 0 aromatic rings. The van der Waals surface area contributed by atoms with Crippen LogP contribution in [0, 0.1) is 22.7 Å². The zero-order valence-corrected chi connectivity index (χ0v) is 14.3. The highest BCUT2D eigenvalue weighted by atomic mass is 16.3. The number of rotatable bonds is 1. The van der Waals surface area contributed by atoms with Crippen molar-refractivity contribution in [3.63, 3.8) is 0 Å². The van der Waals surface area contributed by atoms with Gasteiger partial charge in [0, 0.05) is 5.41 Å². The van der Waals surface area contributed by atoms with E-state index in [1.54, 1.807) is 6.08 Å². The molecule has 3 aliphatic carbocycles. The molecule has 3 aliphatic rings. The summed E-state index contributed by atoms with van der Waals surface area (Å²) in [6.07, 6.45) is 7.24. The van der Waals surface area contributed by atoms with Crippen molar-refractivity contribution < 1.29 is 15.3 Å². The Bertz CT molecular complexity index is 473. The van der Waals surface area contributed by atoms with E-state index in [4.69, 9.17) is 0 Å². The molecular formula is C19H32O3. The van der Waals surface area contributed by atoms with Gasteiger partial charge in [0.25, 0.3) is 0 Å². The number of aliphatic hydroxyl groups is 3. The first-order chi connectivity index (χ1) is 10.1. The second-order valence-corrected chi connectivity index (χ2v) is 8.96. The van der Waals surface area contributed by atoms with Gasteiger partial charge in [0.15, 0.2) is 0 Å². The summed E-state index contributed by atoms with van der Waals surface area (Å²) < 4.78 is 0. The van der Waals surface area contributed by atoms with Crippen LogP contribution >= 0.6 is 0 Å². The SMILES string of the molecule is C=CC1(O)CCC2(C)C(CCC3(C)C2CCC(O)C3(C)O)C1. The van der Waals surface area contributed by atoms with E-state index in [0.29, 0.717) is 18.3 Å². The van der Waals surface area contributed by atoms with E-state index >= 15 is 0 Å². The molecule has 0 aromatic heterocycles. The van der Waals surface area contributed by atoms with Crippen molar-refractivity contribution in [2.45, 2.75) is 83.0 Å². The molecule has 0 heterocycles. The molecule has 3 fully saturated rings. The van der Waals surface area contributed by atoms with E-state index in [1.807, 2.05) is 6.92 Å². The molecule has 0 aliphatic heterocycles. The fraction of sp³-hybridized carbons (Fsp3) is 0.895. The minimum atomic E-state index is -1.02. The van der Waals surface area contributed by atoms with E-state index in [0.717, 1.165) is 38.5 Å². The maximum atomic E-state index is 11.0. The summed E-state index contributed by atoms with van der Waals surface area (Å²) in [5, 5.41) is 32.0. The second kappa shape index (κ2) is 4.81. The van der Waals surface area contributed by atoms with Gasteiger partial charge in [0.1, 0.15) is 0 Å². The lowest BCUT2D eigenvalue weighted by atomic mass is 9.41. The first-order valence-corrected chi connectivity index (χ1v) is 8.85. The highest BCUT2D eigenvalue weighted by Gasteiger charge is 2.64. The summed E-state index contributed by atoms with van der Waals surface area (Å²) in [4.78, 5) is 0. The number of hydrogen-bond donors (Lipinski definition) is 3.